The maximum Gasteiger partial charge on any atom is 0.191 e. The molecule has 0 bridgehead atoms. The van der Waals surface area contributed by atoms with E-state index in [1.807, 2.05) is 0 Å². The number of aryl methyl sites for hydroxylation is 1. The van der Waals surface area contributed by atoms with Gasteiger partial charge in [-0.1, -0.05) is 12.1 Å². The van der Waals surface area contributed by atoms with Crippen LogP contribution in [-0.4, -0.2) is 90.1 Å². The van der Waals surface area contributed by atoms with Crippen molar-refractivity contribution in [3.05, 3.63) is 29.8 Å². The van der Waals surface area contributed by atoms with E-state index in [-0.39, 0.29) is 24.0 Å². The van der Waals surface area contributed by atoms with Gasteiger partial charge in [0, 0.05) is 65.2 Å². The second kappa shape index (κ2) is 17.5. The summed E-state index contributed by atoms with van der Waals surface area (Å²) in [6.45, 7) is 14.5. The summed E-state index contributed by atoms with van der Waals surface area (Å²) in [5, 5.41) is 6.77. The number of ether oxygens (including phenoxy) is 2. The smallest absolute Gasteiger partial charge is 0.191 e. The van der Waals surface area contributed by atoms with Gasteiger partial charge < -0.3 is 25.0 Å². The number of piperazine rings is 1. The molecule has 0 atom stereocenters. The summed E-state index contributed by atoms with van der Waals surface area (Å²) < 4.78 is 10.4. The molecule has 1 aliphatic heterocycles. The standard InChI is InChI=1S/C23H41N5O2.HI/c1-4-24-23(26-11-7-17-30-19-18-29-3)25-10-6-12-27-13-15-28(16-14-27)22-9-5-8-21(2)20-22;/h5,8-9,20H,4,6-7,10-19H2,1-3H3,(H2,24,25,26);1H. The molecule has 0 spiro atoms. The van der Waals surface area contributed by atoms with E-state index in [9.17, 15) is 0 Å². The highest BCUT2D eigenvalue weighted by Crippen LogP contribution is 2.17. The highest BCUT2D eigenvalue weighted by atomic mass is 127. The Kier molecular flexibility index (Phi) is 15.7. The Morgan fingerprint density at radius 1 is 1.06 bits per heavy atom. The van der Waals surface area contributed by atoms with Gasteiger partial charge in [0.15, 0.2) is 5.96 Å². The third kappa shape index (κ3) is 11.9. The molecule has 2 N–H and O–H groups in total. The maximum atomic E-state index is 5.48. The second-order valence-electron chi connectivity index (χ2n) is 7.67. The lowest BCUT2D eigenvalue weighted by molar-refractivity contribution is 0.0702. The van der Waals surface area contributed by atoms with Crippen molar-refractivity contribution in [2.24, 2.45) is 4.99 Å². The van der Waals surface area contributed by atoms with E-state index in [0.29, 0.717) is 13.2 Å². The van der Waals surface area contributed by atoms with Crippen molar-refractivity contribution in [2.75, 3.05) is 84.2 Å². The zero-order chi connectivity index (χ0) is 21.4. The molecule has 8 heteroatoms. The molecule has 2 rings (SSSR count). The number of guanidine groups is 1. The molecule has 1 aromatic rings. The van der Waals surface area contributed by atoms with E-state index in [1.54, 1.807) is 7.11 Å². The van der Waals surface area contributed by atoms with Crippen molar-refractivity contribution >= 4 is 35.6 Å². The minimum Gasteiger partial charge on any atom is -0.382 e. The number of aliphatic imine (C=N–C) groups is 1. The van der Waals surface area contributed by atoms with E-state index in [1.165, 1.54) is 11.3 Å². The number of nitrogens with one attached hydrogen (secondary N) is 2. The van der Waals surface area contributed by atoms with Crippen LogP contribution in [0.3, 0.4) is 0 Å². The van der Waals surface area contributed by atoms with Gasteiger partial charge in [-0.25, -0.2) is 0 Å². The fourth-order valence-corrected chi connectivity index (χ4v) is 3.51. The van der Waals surface area contributed by atoms with Crippen LogP contribution in [0, 0.1) is 6.92 Å². The Labute approximate surface area is 206 Å². The fraction of sp³-hybridized carbons (Fsp3) is 0.696. The van der Waals surface area contributed by atoms with Crippen molar-refractivity contribution in [3.63, 3.8) is 0 Å². The van der Waals surface area contributed by atoms with Gasteiger partial charge in [0.25, 0.3) is 0 Å². The van der Waals surface area contributed by atoms with Gasteiger partial charge in [0.1, 0.15) is 0 Å². The minimum absolute atomic E-state index is 0. The Bertz CT molecular complexity index is 609. The van der Waals surface area contributed by atoms with Crippen LogP contribution in [0.4, 0.5) is 5.69 Å². The van der Waals surface area contributed by atoms with Gasteiger partial charge in [-0.15, -0.1) is 24.0 Å². The summed E-state index contributed by atoms with van der Waals surface area (Å²) in [5.74, 6) is 0.902. The fourth-order valence-electron chi connectivity index (χ4n) is 3.51. The molecule has 0 radical (unpaired) electrons. The minimum atomic E-state index is 0. The number of benzene rings is 1. The van der Waals surface area contributed by atoms with Crippen LogP contribution in [0.15, 0.2) is 29.3 Å². The third-order valence-electron chi connectivity index (χ3n) is 5.18. The van der Waals surface area contributed by atoms with Gasteiger partial charge >= 0.3 is 0 Å². The van der Waals surface area contributed by atoms with Crippen LogP contribution >= 0.6 is 24.0 Å². The molecule has 1 saturated heterocycles. The van der Waals surface area contributed by atoms with Gasteiger partial charge in [-0.3, -0.25) is 9.89 Å². The van der Waals surface area contributed by atoms with E-state index < -0.39 is 0 Å². The Hall–Kier alpha value is -1.10. The van der Waals surface area contributed by atoms with Crippen LogP contribution in [0.25, 0.3) is 0 Å². The van der Waals surface area contributed by atoms with Crippen molar-refractivity contribution < 1.29 is 9.47 Å². The lowest BCUT2D eigenvalue weighted by Gasteiger charge is -2.36. The quantitative estimate of drug-likeness (QED) is 0.172. The zero-order valence-corrected chi connectivity index (χ0v) is 21.9. The van der Waals surface area contributed by atoms with Gasteiger partial charge in [0.05, 0.1) is 13.2 Å². The van der Waals surface area contributed by atoms with E-state index in [2.05, 4.69) is 63.5 Å². The molecule has 1 heterocycles. The average molecular weight is 548 g/mol. The van der Waals surface area contributed by atoms with E-state index in [4.69, 9.17) is 9.47 Å². The van der Waals surface area contributed by atoms with E-state index in [0.717, 1.165) is 77.8 Å². The number of hydrogen-bond donors (Lipinski definition) is 2. The Balaban J connectivity index is 0.00000480. The first-order valence-corrected chi connectivity index (χ1v) is 11.4. The number of hydrogen-bond acceptors (Lipinski definition) is 5. The monoisotopic (exact) mass is 547 g/mol. The molecule has 0 unspecified atom stereocenters. The number of anilines is 1. The zero-order valence-electron chi connectivity index (χ0n) is 19.6. The summed E-state index contributed by atoms with van der Waals surface area (Å²) in [6, 6.07) is 8.82. The largest absolute Gasteiger partial charge is 0.382 e. The Morgan fingerprint density at radius 3 is 2.58 bits per heavy atom. The number of methoxy groups -OCH3 is 1. The number of rotatable bonds is 13. The van der Waals surface area contributed by atoms with Crippen molar-refractivity contribution in [1.29, 1.82) is 0 Å². The molecule has 7 nitrogen and oxygen atoms in total. The molecule has 31 heavy (non-hydrogen) atoms. The van der Waals surface area contributed by atoms with Crippen LogP contribution in [-0.2, 0) is 9.47 Å². The summed E-state index contributed by atoms with van der Waals surface area (Å²) in [4.78, 5) is 9.69. The second-order valence-corrected chi connectivity index (χ2v) is 7.67. The molecule has 1 fully saturated rings. The normalized spacial score (nSPS) is 14.9. The van der Waals surface area contributed by atoms with Crippen molar-refractivity contribution in [3.8, 4) is 0 Å². The molecular weight excluding hydrogens is 505 g/mol. The highest BCUT2D eigenvalue weighted by Gasteiger charge is 2.16. The van der Waals surface area contributed by atoms with Crippen LogP contribution in [0.1, 0.15) is 25.3 Å². The summed E-state index contributed by atoms with van der Waals surface area (Å²) >= 11 is 0. The predicted molar refractivity (Wildman–Crippen MR) is 141 cm³/mol. The first-order valence-electron chi connectivity index (χ1n) is 11.4. The lowest BCUT2D eigenvalue weighted by atomic mass is 10.2. The maximum absolute atomic E-state index is 5.48. The third-order valence-corrected chi connectivity index (χ3v) is 5.18. The van der Waals surface area contributed by atoms with Crippen LogP contribution in [0.5, 0.6) is 0 Å². The molecule has 1 aliphatic rings. The summed E-state index contributed by atoms with van der Waals surface area (Å²) in [6.07, 6.45) is 2.04. The SMILES string of the molecule is CCNC(=NCCCOCCOC)NCCCN1CCN(c2cccc(C)c2)CC1.I. The summed E-state index contributed by atoms with van der Waals surface area (Å²) in [5.41, 5.74) is 2.68. The van der Waals surface area contributed by atoms with Crippen molar-refractivity contribution in [2.45, 2.75) is 26.7 Å². The first kappa shape index (κ1) is 27.9. The number of halogens is 1. The first-order chi connectivity index (χ1) is 14.7. The lowest BCUT2D eigenvalue weighted by Crippen LogP contribution is -2.47. The van der Waals surface area contributed by atoms with Gasteiger partial charge in [-0.05, 0) is 50.9 Å². The van der Waals surface area contributed by atoms with Crippen molar-refractivity contribution in [1.82, 2.24) is 15.5 Å². The molecule has 0 saturated carbocycles. The highest BCUT2D eigenvalue weighted by molar-refractivity contribution is 14.0. The van der Waals surface area contributed by atoms with Gasteiger partial charge in [0.2, 0.25) is 0 Å². The average Bonchev–Trinajstić information content (AvgIpc) is 2.76. The van der Waals surface area contributed by atoms with E-state index >= 15 is 0 Å². The Morgan fingerprint density at radius 2 is 1.87 bits per heavy atom. The van der Waals surface area contributed by atoms with Gasteiger partial charge in [-0.2, -0.15) is 0 Å². The molecule has 178 valence electrons. The topological polar surface area (TPSA) is 61.4 Å². The predicted octanol–water partition coefficient (Wildman–Crippen LogP) is 2.73. The molecule has 0 aliphatic carbocycles. The summed E-state index contributed by atoms with van der Waals surface area (Å²) in [7, 11) is 1.69. The molecular formula is C23H42IN5O2. The molecule has 0 amide bonds. The van der Waals surface area contributed by atoms with Crippen LogP contribution in [0.2, 0.25) is 0 Å². The van der Waals surface area contributed by atoms with Crippen LogP contribution < -0.4 is 15.5 Å². The number of nitrogens with zero attached hydrogens (tertiary/aromatic N) is 3. The molecule has 0 aromatic heterocycles. The molecule has 1 aromatic carbocycles.